The molecule has 0 radical (unpaired) electrons. The molecule has 0 spiro atoms. The van der Waals surface area contributed by atoms with Gasteiger partial charge in [-0.25, -0.2) is 0 Å². The van der Waals surface area contributed by atoms with Gasteiger partial charge in [0.2, 0.25) is 17.6 Å². The van der Waals surface area contributed by atoms with Gasteiger partial charge in [0.25, 0.3) is 0 Å². The molecular formula is C19H18BrN3O2. The number of aryl methyl sites for hydroxylation is 1. The van der Waals surface area contributed by atoms with E-state index in [1.165, 1.54) is 0 Å². The summed E-state index contributed by atoms with van der Waals surface area (Å²) in [5.74, 6) is 0.860. The highest BCUT2D eigenvalue weighted by molar-refractivity contribution is 9.10. The minimum atomic E-state index is -0.333. The Labute approximate surface area is 154 Å². The Kier molecular flexibility index (Phi) is 5.60. The lowest BCUT2D eigenvalue weighted by molar-refractivity contribution is -0.121. The van der Waals surface area contributed by atoms with Gasteiger partial charge in [0.1, 0.15) is 6.04 Å². The van der Waals surface area contributed by atoms with Crippen LogP contribution in [0, 0.1) is 0 Å². The first-order valence-corrected chi connectivity index (χ1v) is 8.84. The molecule has 0 aliphatic heterocycles. The van der Waals surface area contributed by atoms with Crippen molar-refractivity contribution in [3.05, 3.63) is 70.5 Å². The van der Waals surface area contributed by atoms with Crippen LogP contribution in [0.5, 0.6) is 0 Å². The van der Waals surface area contributed by atoms with Gasteiger partial charge in [-0.2, -0.15) is 4.98 Å². The lowest BCUT2D eigenvalue weighted by Crippen LogP contribution is -2.27. The van der Waals surface area contributed by atoms with E-state index in [1.807, 2.05) is 61.5 Å². The van der Waals surface area contributed by atoms with Gasteiger partial charge in [0, 0.05) is 16.5 Å². The molecule has 1 aromatic heterocycles. The van der Waals surface area contributed by atoms with Crippen LogP contribution in [0.1, 0.15) is 30.8 Å². The maximum absolute atomic E-state index is 12.1. The number of halogens is 1. The summed E-state index contributed by atoms with van der Waals surface area (Å²) in [6.45, 7) is 1.83. The molecule has 25 heavy (non-hydrogen) atoms. The van der Waals surface area contributed by atoms with Crippen molar-refractivity contribution in [2.45, 2.75) is 25.8 Å². The van der Waals surface area contributed by atoms with Gasteiger partial charge in [-0.15, -0.1) is 0 Å². The van der Waals surface area contributed by atoms with Crippen LogP contribution < -0.4 is 5.32 Å². The Morgan fingerprint density at radius 2 is 1.88 bits per heavy atom. The number of nitrogens with one attached hydrogen (secondary N) is 1. The maximum Gasteiger partial charge on any atom is 0.249 e. The molecule has 1 heterocycles. The molecule has 0 bridgehead atoms. The van der Waals surface area contributed by atoms with E-state index >= 15 is 0 Å². The van der Waals surface area contributed by atoms with Crippen LogP contribution >= 0.6 is 15.9 Å². The second kappa shape index (κ2) is 8.07. The first kappa shape index (κ1) is 17.4. The van der Waals surface area contributed by atoms with Crippen molar-refractivity contribution in [2.24, 2.45) is 0 Å². The first-order valence-electron chi connectivity index (χ1n) is 8.04. The minimum absolute atomic E-state index is 0.0419. The van der Waals surface area contributed by atoms with E-state index in [-0.39, 0.29) is 11.9 Å². The monoisotopic (exact) mass is 399 g/mol. The average molecular weight is 400 g/mol. The summed E-state index contributed by atoms with van der Waals surface area (Å²) in [6, 6.07) is 17.2. The van der Waals surface area contributed by atoms with E-state index in [1.54, 1.807) is 0 Å². The molecule has 2 aromatic carbocycles. The third-order valence-corrected chi connectivity index (χ3v) is 4.30. The number of benzene rings is 2. The van der Waals surface area contributed by atoms with Crippen LogP contribution in [-0.4, -0.2) is 16.0 Å². The summed E-state index contributed by atoms with van der Waals surface area (Å²) in [4.78, 5) is 16.5. The number of amides is 1. The molecular weight excluding hydrogens is 382 g/mol. The number of carbonyl (C=O) groups excluding carboxylic acids is 1. The zero-order valence-electron chi connectivity index (χ0n) is 13.8. The van der Waals surface area contributed by atoms with Crippen molar-refractivity contribution in [1.82, 2.24) is 15.5 Å². The molecule has 128 valence electrons. The van der Waals surface area contributed by atoms with Crippen molar-refractivity contribution < 1.29 is 9.32 Å². The topological polar surface area (TPSA) is 68.0 Å². The second-order valence-corrected chi connectivity index (χ2v) is 6.65. The number of nitrogens with zero attached hydrogens (tertiary/aromatic N) is 2. The van der Waals surface area contributed by atoms with Crippen LogP contribution in [0.25, 0.3) is 11.4 Å². The summed E-state index contributed by atoms with van der Waals surface area (Å²) in [5, 5.41) is 6.88. The molecule has 3 aromatic rings. The van der Waals surface area contributed by atoms with Crippen LogP contribution in [0.15, 0.2) is 63.6 Å². The fraction of sp³-hybridized carbons (Fsp3) is 0.211. The highest BCUT2D eigenvalue weighted by atomic mass is 79.9. The predicted octanol–water partition coefficient (Wildman–Crippen LogP) is 4.31. The van der Waals surface area contributed by atoms with E-state index in [2.05, 4.69) is 31.4 Å². The van der Waals surface area contributed by atoms with Gasteiger partial charge in [0.15, 0.2) is 0 Å². The van der Waals surface area contributed by atoms with E-state index in [0.29, 0.717) is 24.6 Å². The number of aromatic nitrogens is 2. The first-order chi connectivity index (χ1) is 12.1. The van der Waals surface area contributed by atoms with Gasteiger partial charge in [0.05, 0.1) is 0 Å². The van der Waals surface area contributed by atoms with Gasteiger partial charge in [-0.3, -0.25) is 4.79 Å². The minimum Gasteiger partial charge on any atom is -0.345 e. The zero-order chi connectivity index (χ0) is 17.6. The smallest absolute Gasteiger partial charge is 0.249 e. The Balaban J connectivity index is 1.57. The Morgan fingerprint density at radius 3 is 2.60 bits per heavy atom. The lowest BCUT2D eigenvalue weighted by atomic mass is 10.1. The van der Waals surface area contributed by atoms with Crippen molar-refractivity contribution in [2.75, 3.05) is 0 Å². The summed E-state index contributed by atoms with van der Waals surface area (Å²) >= 11 is 3.39. The van der Waals surface area contributed by atoms with E-state index < -0.39 is 0 Å². The van der Waals surface area contributed by atoms with Gasteiger partial charge >= 0.3 is 0 Å². The van der Waals surface area contributed by atoms with E-state index in [9.17, 15) is 4.79 Å². The number of carbonyl (C=O) groups is 1. The second-order valence-electron chi connectivity index (χ2n) is 5.74. The molecule has 0 unspecified atom stereocenters. The molecule has 1 amide bonds. The van der Waals surface area contributed by atoms with Gasteiger partial charge < -0.3 is 9.84 Å². The largest absolute Gasteiger partial charge is 0.345 e. The molecule has 6 heteroatoms. The lowest BCUT2D eigenvalue weighted by Gasteiger charge is -2.09. The molecule has 5 nitrogen and oxygen atoms in total. The molecule has 0 saturated heterocycles. The van der Waals surface area contributed by atoms with Gasteiger partial charge in [-0.1, -0.05) is 51.4 Å². The number of hydrogen-bond acceptors (Lipinski definition) is 4. The Morgan fingerprint density at radius 1 is 1.16 bits per heavy atom. The third-order valence-electron chi connectivity index (χ3n) is 3.78. The average Bonchev–Trinajstić information content (AvgIpc) is 3.12. The zero-order valence-corrected chi connectivity index (χ0v) is 15.4. The van der Waals surface area contributed by atoms with Crippen molar-refractivity contribution in [3.63, 3.8) is 0 Å². The molecule has 0 aliphatic carbocycles. The van der Waals surface area contributed by atoms with Gasteiger partial charge in [-0.05, 0) is 43.2 Å². The molecule has 1 atom stereocenters. The third kappa shape index (κ3) is 4.76. The van der Waals surface area contributed by atoms with E-state index in [4.69, 9.17) is 4.52 Å². The standard InChI is InChI=1S/C19H18BrN3O2/c1-13(21-17(24)12-7-14-5-3-2-4-6-14)19-22-18(23-25-19)15-8-10-16(20)11-9-15/h2-6,8-11,13H,7,12H2,1H3,(H,21,24)/t13-/m1/s1. The molecule has 0 aliphatic rings. The summed E-state index contributed by atoms with van der Waals surface area (Å²) in [5.41, 5.74) is 2.00. The number of rotatable bonds is 6. The van der Waals surface area contributed by atoms with Crippen molar-refractivity contribution in [3.8, 4) is 11.4 Å². The highest BCUT2D eigenvalue weighted by Crippen LogP contribution is 2.21. The van der Waals surface area contributed by atoms with Crippen LogP contribution in [0.4, 0.5) is 0 Å². The number of hydrogen-bond donors (Lipinski definition) is 1. The summed E-state index contributed by atoms with van der Waals surface area (Å²) in [7, 11) is 0. The summed E-state index contributed by atoms with van der Waals surface area (Å²) in [6.07, 6.45) is 1.12. The molecule has 3 rings (SSSR count). The summed E-state index contributed by atoms with van der Waals surface area (Å²) < 4.78 is 6.27. The Bertz CT molecular complexity index is 831. The SMILES string of the molecule is C[C@@H](NC(=O)CCc1ccccc1)c1nc(-c2ccc(Br)cc2)no1. The normalized spacial score (nSPS) is 11.9. The fourth-order valence-electron chi connectivity index (χ4n) is 2.41. The molecule has 1 N–H and O–H groups in total. The Hall–Kier alpha value is -2.47. The predicted molar refractivity (Wildman–Crippen MR) is 98.8 cm³/mol. The van der Waals surface area contributed by atoms with E-state index in [0.717, 1.165) is 15.6 Å². The molecule has 0 saturated carbocycles. The van der Waals surface area contributed by atoms with Crippen LogP contribution in [0.3, 0.4) is 0 Å². The van der Waals surface area contributed by atoms with Crippen molar-refractivity contribution >= 4 is 21.8 Å². The highest BCUT2D eigenvalue weighted by Gasteiger charge is 2.17. The quantitative estimate of drug-likeness (QED) is 0.670. The maximum atomic E-state index is 12.1. The van der Waals surface area contributed by atoms with Crippen LogP contribution in [0.2, 0.25) is 0 Å². The van der Waals surface area contributed by atoms with Crippen LogP contribution in [-0.2, 0) is 11.2 Å². The van der Waals surface area contributed by atoms with Crippen molar-refractivity contribution in [1.29, 1.82) is 0 Å². The molecule has 0 fully saturated rings. The fourth-order valence-corrected chi connectivity index (χ4v) is 2.67.